The van der Waals surface area contributed by atoms with Crippen LogP contribution in [-0.4, -0.2) is 33.7 Å². The van der Waals surface area contributed by atoms with Gasteiger partial charge in [0.25, 0.3) is 0 Å². The van der Waals surface area contributed by atoms with E-state index in [4.69, 9.17) is 9.47 Å². The van der Waals surface area contributed by atoms with Crippen LogP contribution in [0.5, 0.6) is 11.5 Å². The number of likely N-dealkylation sites (N-methyl/N-ethyl adjacent to an activating group) is 1. The maximum atomic E-state index is 13.1. The number of rotatable bonds is 5. The van der Waals surface area contributed by atoms with Crippen molar-refractivity contribution >= 4 is 16.9 Å². The maximum Gasteiger partial charge on any atom is 0.245 e. The molecule has 1 aliphatic rings. The number of carbonyl (C=O) groups excluding carboxylic acids is 1. The molecule has 0 saturated carbocycles. The van der Waals surface area contributed by atoms with E-state index in [1.165, 1.54) is 0 Å². The standard InChI is InChI=1S/C20H21N3O3/c1-3-22(11-15-8-9-18-19(10-15)26-13-25-18)20(24)14(2)23-12-21-16-6-4-5-7-17(16)23/h4-10,12,14H,3,11,13H2,1-2H3. The van der Waals surface area contributed by atoms with Crippen molar-refractivity contribution in [2.45, 2.75) is 26.4 Å². The Bertz CT molecular complexity index is 950. The van der Waals surface area contributed by atoms with Crippen LogP contribution in [0.15, 0.2) is 48.8 Å². The lowest BCUT2D eigenvalue weighted by atomic mass is 10.1. The Morgan fingerprint density at radius 1 is 1.23 bits per heavy atom. The fourth-order valence-electron chi connectivity index (χ4n) is 3.28. The summed E-state index contributed by atoms with van der Waals surface area (Å²) in [6.45, 7) is 5.31. The van der Waals surface area contributed by atoms with Gasteiger partial charge in [-0.25, -0.2) is 4.98 Å². The SMILES string of the molecule is CCN(Cc1ccc2c(c1)OCO2)C(=O)C(C)n1cnc2ccccc21. The lowest BCUT2D eigenvalue weighted by molar-refractivity contribution is -0.134. The smallest absolute Gasteiger partial charge is 0.245 e. The van der Waals surface area contributed by atoms with Crippen LogP contribution in [0.2, 0.25) is 0 Å². The highest BCUT2D eigenvalue weighted by molar-refractivity contribution is 5.83. The molecule has 26 heavy (non-hydrogen) atoms. The second-order valence-electron chi connectivity index (χ2n) is 6.36. The van der Waals surface area contributed by atoms with Gasteiger partial charge in [0.15, 0.2) is 11.5 Å². The average Bonchev–Trinajstić information content (AvgIpc) is 3.31. The molecule has 6 heteroatoms. The van der Waals surface area contributed by atoms with Crippen molar-refractivity contribution in [3.63, 3.8) is 0 Å². The minimum absolute atomic E-state index is 0.0633. The largest absolute Gasteiger partial charge is 0.454 e. The molecule has 0 saturated heterocycles. The van der Waals surface area contributed by atoms with Crippen LogP contribution in [0.1, 0.15) is 25.5 Å². The third-order valence-electron chi connectivity index (χ3n) is 4.76. The highest BCUT2D eigenvalue weighted by Crippen LogP contribution is 2.33. The second kappa shape index (κ2) is 6.71. The number of fused-ring (bicyclic) bond motifs is 2. The first-order valence-corrected chi connectivity index (χ1v) is 8.76. The van der Waals surface area contributed by atoms with Crippen LogP contribution in [0.25, 0.3) is 11.0 Å². The van der Waals surface area contributed by atoms with E-state index in [1.54, 1.807) is 6.33 Å². The van der Waals surface area contributed by atoms with Gasteiger partial charge in [-0.05, 0) is 43.7 Å². The fraction of sp³-hybridized carbons (Fsp3) is 0.300. The summed E-state index contributed by atoms with van der Waals surface area (Å²) >= 11 is 0. The van der Waals surface area contributed by atoms with Crippen molar-refractivity contribution in [2.75, 3.05) is 13.3 Å². The van der Waals surface area contributed by atoms with Gasteiger partial charge in [-0.1, -0.05) is 18.2 Å². The highest BCUT2D eigenvalue weighted by atomic mass is 16.7. The summed E-state index contributed by atoms with van der Waals surface area (Å²) in [5.74, 6) is 1.55. The summed E-state index contributed by atoms with van der Waals surface area (Å²) in [7, 11) is 0. The topological polar surface area (TPSA) is 56.6 Å². The zero-order valence-electron chi connectivity index (χ0n) is 14.9. The zero-order valence-corrected chi connectivity index (χ0v) is 14.9. The normalized spacial score (nSPS) is 13.8. The van der Waals surface area contributed by atoms with Crippen LogP contribution in [0, 0.1) is 0 Å². The molecule has 2 aromatic carbocycles. The van der Waals surface area contributed by atoms with Crippen LogP contribution in [-0.2, 0) is 11.3 Å². The minimum atomic E-state index is -0.323. The van der Waals surface area contributed by atoms with Crippen molar-refractivity contribution in [1.29, 1.82) is 0 Å². The first kappa shape index (κ1) is 16.4. The summed E-state index contributed by atoms with van der Waals surface area (Å²) in [6, 6.07) is 13.3. The van der Waals surface area contributed by atoms with E-state index < -0.39 is 0 Å². The van der Waals surface area contributed by atoms with E-state index in [0.717, 1.165) is 28.1 Å². The molecule has 1 unspecified atom stereocenters. The molecule has 0 aliphatic carbocycles. The van der Waals surface area contributed by atoms with Gasteiger partial charge in [0.05, 0.1) is 17.4 Å². The molecule has 1 atom stereocenters. The van der Waals surface area contributed by atoms with Crippen LogP contribution >= 0.6 is 0 Å². The molecular weight excluding hydrogens is 330 g/mol. The van der Waals surface area contributed by atoms with Crippen molar-refractivity contribution in [1.82, 2.24) is 14.5 Å². The molecule has 0 fully saturated rings. The number of hydrogen-bond donors (Lipinski definition) is 0. The Morgan fingerprint density at radius 2 is 2.04 bits per heavy atom. The van der Waals surface area contributed by atoms with E-state index in [2.05, 4.69) is 4.98 Å². The molecule has 1 amide bonds. The van der Waals surface area contributed by atoms with Gasteiger partial charge in [-0.3, -0.25) is 4.79 Å². The van der Waals surface area contributed by atoms with E-state index in [1.807, 2.05) is 65.8 Å². The molecule has 4 rings (SSSR count). The first-order valence-electron chi connectivity index (χ1n) is 8.76. The molecule has 1 aliphatic heterocycles. The number of amides is 1. The number of imidazole rings is 1. The van der Waals surface area contributed by atoms with Gasteiger partial charge in [0.1, 0.15) is 6.04 Å². The Balaban J connectivity index is 1.55. The Labute approximate surface area is 152 Å². The number of carbonyl (C=O) groups is 1. The van der Waals surface area contributed by atoms with E-state index in [9.17, 15) is 4.79 Å². The van der Waals surface area contributed by atoms with Crippen molar-refractivity contribution in [3.05, 3.63) is 54.4 Å². The lowest BCUT2D eigenvalue weighted by Crippen LogP contribution is -2.35. The van der Waals surface area contributed by atoms with Crippen molar-refractivity contribution in [2.24, 2.45) is 0 Å². The summed E-state index contributed by atoms with van der Waals surface area (Å²) in [6.07, 6.45) is 1.74. The third kappa shape index (κ3) is 2.87. The first-order chi connectivity index (χ1) is 12.7. The number of para-hydroxylation sites is 2. The molecule has 0 bridgehead atoms. The predicted molar refractivity (Wildman–Crippen MR) is 98.1 cm³/mol. The van der Waals surface area contributed by atoms with Gasteiger partial charge < -0.3 is 18.9 Å². The molecule has 2 heterocycles. The van der Waals surface area contributed by atoms with Gasteiger partial charge in [-0.15, -0.1) is 0 Å². The van der Waals surface area contributed by atoms with E-state index >= 15 is 0 Å². The number of benzene rings is 2. The van der Waals surface area contributed by atoms with Crippen LogP contribution in [0.3, 0.4) is 0 Å². The van der Waals surface area contributed by atoms with Crippen molar-refractivity contribution < 1.29 is 14.3 Å². The highest BCUT2D eigenvalue weighted by Gasteiger charge is 2.23. The molecule has 0 spiro atoms. The Hall–Kier alpha value is -3.02. The summed E-state index contributed by atoms with van der Waals surface area (Å²) < 4.78 is 12.7. The molecule has 134 valence electrons. The fourth-order valence-corrected chi connectivity index (χ4v) is 3.28. The molecule has 0 N–H and O–H groups in total. The van der Waals surface area contributed by atoms with Gasteiger partial charge >= 0.3 is 0 Å². The minimum Gasteiger partial charge on any atom is -0.454 e. The van der Waals surface area contributed by atoms with Gasteiger partial charge in [0, 0.05) is 13.1 Å². The quantitative estimate of drug-likeness (QED) is 0.707. The average molecular weight is 351 g/mol. The van der Waals surface area contributed by atoms with Crippen molar-refractivity contribution in [3.8, 4) is 11.5 Å². The monoisotopic (exact) mass is 351 g/mol. The molecular formula is C20H21N3O3. The molecule has 1 aromatic heterocycles. The van der Waals surface area contributed by atoms with Gasteiger partial charge in [0.2, 0.25) is 12.7 Å². The summed E-state index contributed by atoms with van der Waals surface area (Å²) in [5, 5.41) is 0. The molecule has 6 nitrogen and oxygen atoms in total. The van der Waals surface area contributed by atoms with E-state index in [0.29, 0.717) is 13.1 Å². The third-order valence-corrected chi connectivity index (χ3v) is 4.76. The Morgan fingerprint density at radius 3 is 2.88 bits per heavy atom. The predicted octanol–water partition coefficient (Wildman–Crippen LogP) is 3.37. The lowest BCUT2D eigenvalue weighted by Gasteiger charge is -2.25. The molecule has 3 aromatic rings. The molecule has 0 radical (unpaired) electrons. The number of aromatic nitrogens is 2. The Kier molecular flexibility index (Phi) is 4.24. The van der Waals surface area contributed by atoms with Crippen LogP contribution < -0.4 is 9.47 Å². The van der Waals surface area contributed by atoms with E-state index in [-0.39, 0.29) is 18.7 Å². The second-order valence-corrected chi connectivity index (χ2v) is 6.36. The maximum absolute atomic E-state index is 13.1. The summed E-state index contributed by atoms with van der Waals surface area (Å²) in [5.41, 5.74) is 2.88. The number of ether oxygens (including phenoxy) is 2. The van der Waals surface area contributed by atoms with Crippen LogP contribution in [0.4, 0.5) is 0 Å². The summed E-state index contributed by atoms with van der Waals surface area (Å²) in [4.78, 5) is 19.3. The van der Waals surface area contributed by atoms with Gasteiger partial charge in [-0.2, -0.15) is 0 Å². The number of hydrogen-bond acceptors (Lipinski definition) is 4. The number of nitrogens with zero attached hydrogens (tertiary/aromatic N) is 3. The zero-order chi connectivity index (χ0) is 18.1.